The van der Waals surface area contributed by atoms with Gasteiger partial charge >= 0.3 is 0 Å². The molecule has 2 heterocycles. The molecule has 5 heteroatoms. The number of aromatic nitrogens is 1. The molecular formula is C25H18FNO3. The van der Waals surface area contributed by atoms with Crippen LogP contribution in [-0.2, 0) is 13.7 Å². The largest absolute Gasteiger partial charge is 0.489 e. The summed E-state index contributed by atoms with van der Waals surface area (Å²) in [5.41, 5.74) is 3.38. The fourth-order valence-corrected chi connectivity index (χ4v) is 3.63. The SMILES string of the molecule is Cn1cc(/C=C2\Oc3cc(OCc4ccc(F)cc4)ccc3C2=O)c2ccccc21. The monoisotopic (exact) mass is 399 g/mol. The van der Waals surface area contributed by atoms with Crippen molar-refractivity contribution in [2.24, 2.45) is 7.05 Å². The Morgan fingerprint density at radius 3 is 2.70 bits per heavy atom. The average molecular weight is 399 g/mol. The highest BCUT2D eigenvalue weighted by molar-refractivity contribution is 6.15. The first kappa shape index (κ1) is 18.2. The molecule has 0 saturated carbocycles. The lowest BCUT2D eigenvalue weighted by Crippen LogP contribution is -1.98. The molecular weight excluding hydrogens is 381 g/mol. The van der Waals surface area contributed by atoms with E-state index in [0.29, 0.717) is 23.7 Å². The summed E-state index contributed by atoms with van der Waals surface area (Å²) < 4.78 is 26.7. The molecule has 0 aliphatic carbocycles. The van der Waals surface area contributed by atoms with Crippen molar-refractivity contribution in [2.45, 2.75) is 6.61 Å². The summed E-state index contributed by atoms with van der Waals surface area (Å²) in [6.45, 7) is 0.297. The number of ether oxygens (including phenoxy) is 2. The second kappa shape index (κ2) is 7.19. The number of carbonyl (C=O) groups is 1. The van der Waals surface area contributed by atoms with E-state index in [1.807, 2.05) is 42.1 Å². The van der Waals surface area contributed by atoms with E-state index in [9.17, 15) is 9.18 Å². The van der Waals surface area contributed by atoms with Crippen molar-refractivity contribution < 1.29 is 18.7 Å². The standard InChI is InChI=1S/C25H18FNO3/c1-27-14-17(20-4-2-3-5-22(20)27)12-24-25(28)21-11-10-19(13-23(21)30-24)29-15-16-6-8-18(26)9-7-16/h2-14H,15H2,1H3/b24-12-. The molecule has 1 aliphatic heterocycles. The lowest BCUT2D eigenvalue weighted by molar-refractivity contribution is 0.101. The van der Waals surface area contributed by atoms with E-state index in [2.05, 4.69) is 0 Å². The van der Waals surface area contributed by atoms with Gasteiger partial charge in [-0.05, 0) is 42.0 Å². The van der Waals surface area contributed by atoms with Gasteiger partial charge in [0, 0.05) is 35.8 Å². The molecule has 0 atom stereocenters. The van der Waals surface area contributed by atoms with E-state index >= 15 is 0 Å². The Hall–Kier alpha value is -3.86. The molecule has 4 nitrogen and oxygen atoms in total. The van der Waals surface area contributed by atoms with Gasteiger partial charge in [-0.25, -0.2) is 4.39 Å². The zero-order valence-electron chi connectivity index (χ0n) is 16.3. The molecule has 0 N–H and O–H groups in total. The van der Waals surface area contributed by atoms with Crippen molar-refractivity contribution in [2.75, 3.05) is 0 Å². The molecule has 0 unspecified atom stereocenters. The lowest BCUT2D eigenvalue weighted by atomic mass is 10.1. The second-order valence-corrected chi connectivity index (χ2v) is 7.23. The Balaban J connectivity index is 1.39. The highest BCUT2D eigenvalue weighted by atomic mass is 19.1. The van der Waals surface area contributed by atoms with Gasteiger partial charge in [0.2, 0.25) is 5.78 Å². The maximum Gasteiger partial charge on any atom is 0.231 e. The maximum atomic E-state index is 13.0. The summed E-state index contributed by atoms with van der Waals surface area (Å²) in [4.78, 5) is 12.8. The number of halogens is 1. The van der Waals surface area contributed by atoms with E-state index in [-0.39, 0.29) is 17.4 Å². The van der Waals surface area contributed by atoms with Crippen LogP contribution in [0, 0.1) is 5.82 Å². The Morgan fingerprint density at radius 1 is 1.07 bits per heavy atom. The van der Waals surface area contributed by atoms with Crippen LogP contribution in [0.25, 0.3) is 17.0 Å². The Kier molecular flexibility index (Phi) is 4.36. The molecule has 0 saturated heterocycles. The van der Waals surface area contributed by atoms with Crippen LogP contribution >= 0.6 is 0 Å². The molecule has 0 radical (unpaired) electrons. The van der Waals surface area contributed by atoms with Gasteiger partial charge in [-0.1, -0.05) is 30.3 Å². The fraction of sp³-hybridized carbons (Fsp3) is 0.0800. The third kappa shape index (κ3) is 3.24. The summed E-state index contributed by atoms with van der Waals surface area (Å²) in [5.74, 6) is 0.911. The van der Waals surface area contributed by atoms with Crippen molar-refractivity contribution in [3.8, 4) is 11.5 Å². The molecule has 1 aliphatic rings. The smallest absolute Gasteiger partial charge is 0.231 e. The minimum atomic E-state index is -0.284. The van der Waals surface area contributed by atoms with Crippen LogP contribution in [0.4, 0.5) is 4.39 Å². The van der Waals surface area contributed by atoms with Crippen LogP contribution < -0.4 is 9.47 Å². The van der Waals surface area contributed by atoms with Crippen LogP contribution in [-0.4, -0.2) is 10.4 Å². The average Bonchev–Trinajstić information content (AvgIpc) is 3.24. The number of nitrogens with zero attached hydrogens (tertiary/aromatic N) is 1. The van der Waals surface area contributed by atoms with Gasteiger partial charge in [-0.3, -0.25) is 4.79 Å². The molecule has 1 aromatic heterocycles. The Morgan fingerprint density at radius 2 is 1.87 bits per heavy atom. The van der Waals surface area contributed by atoms with E-state index in [4.69, 9.17) is 9.47 Å². The third-order valence-corrected chi connectivity index (χ3v) is 5.17. The molecule has 0 bridgehead atoms. The summed E-state index contributed by atoms with van der Waals surface area (Å²) in [5, 5.41) is 1.06. The number of rotatable bonds is 4. The first-order valence-electron chi connectivity index (χ1n) is 9.58. The topological polar surface area (TPSA) is 40.5 Å². The van der Waals surface area contributed by atoms with Crippen molar-refractivity contribution >= 4 is 22.8 Å². The fourth-order valence-electron chi connectivity index (χ4n) is 3.63. The van der Waals surface area contributed by atoms with Gasteiger partial charge in [0.05, 0.1) is 5.56 Å². The van der Waals surface area contributed by atoms with E-state index in [1.54, 1.807) is 36.4 Å². The molecule has 3 aromatic carbocycles. The van der Waals surface area contributed by atoms with Crippen LogP contribution in [0.1, 0.15) is 21.5 Å². The zero-order chi connectivity index (χ0) is 20.7. The third-order valence-electron chi connectivity index (χ3n) is 5.17. The van der Waals surface area contributed by atoms with Gasteiger partial charge in [0.25, 0.3) is 0 Å². The van der Waals surface area contributed by atoms with Crippen molar-refractivity contribution in [1.82, 2.24) is 4.57 Å². The molecule has 4 aromatic rings. The molecule has 0 amide bonds. The Bertz CT molecular complexity index is 1300. The van der Waals surface area contributed by atoms with E-state index in [0.717, 1.165) is 22.0 Å². The van der Waals surface area contributed by atoms with Gasteiger partial charge in [0.1, 0.15) is 23.9 Å². The van der Waals surface area contributed by atoms with Crippen molar-refractivity contribution in [1.29, 1.82) is 0 Å². The number of para-hydroxylation sites is 1. The van der Waals surface area contributed by atoms with Gasteiger partial charge in [-0.15, -0.1) is 0 Å². The minimum Gasteiger partial charge on any atom is -0.489 e. The minimum absolute atomic E-state index is 0.150. The van der Waals surface area contributed by atoms with E-state index in [1.165, 1.54) is 12.1 Å². The Labute approximate surface area is 172 Å². The quantitative estimate of drug-likeness (QED) is 0.425. The molecule has 0 fully saturated rings. The van der Waals surface area contributed by atoms with Gasteiger partial charge in [0.15, 0.2) is 5.76 Å². The predicted molar refractivity (Wildman–Crippen MR) is 113 cm³/mol. The second-order valence-electron chi connectivity index (χ2n) is 7.23. The highest BCUT2D eigenvalue weighted by Gasteiger charge is 2.28. The summed E-state index contributed by atoms with van der Waals surface area (Å²) >= 11 is 0. The summed E-state index contributed by atoms with van der Waals surface area (Å²) in [6.07, 6.45) is 3.76. The lowest BCUT2D eigenvalue weighted by Gasteiger charge is -2.07. The number of Topliss-reactive ketones (excluding diaryl/α,β-unsaturated/α-hetero) is 1. The van der Waals surface area contributed by atoms with Gasteiger partial charge < -0.3 is 14.0 Å². The summed E-state index contributed by atoms with van der Waals surface area (Å²) in [6, 6.07) is 19.3. The first-order valence-corrected chi connectivity index (χ1v) is 9.58. The zero-order valence-corrected chi connectivity index (χ0v) is 16.3. The van der Waals surface area contributed by atoms with E-state index < -0.39 is 0 Å². The molecule has 0 spiro atoms. The highest BCUT2D eigenvalue weighted by Crippen LogP contribution is 2.36. The number of benzene rings is 3. The normalized spacial score (nSPS) is 14.2. The number of aryl methyl sites for hydroxylation is 1. The first-order chi connectivity index (χ1) is 14.6. The van der Waals surface area contributed by atoms with Gasteiger partial charge in [-0.2, -0.15) is 0 Å². The number of ketones is 1. The summed E-state index contributed by atoms with van der Waals surface area (Å²) in [7, 11) is 1.97. The van der Waals surface area contributed by atoms with Crippen molar-refractivity contribution in [3.05, 3.63) is 101 Å². The van der Waals surface area contributed by atoms with Crippen LogP contribution in [0.5, 0.6) is 11.5 Å². The van der Waals surface area contributed by atoms with Crippen molar-refractivity contribution in [3.63, 3.8) is 0 Å². The number of hydrogen-bond donors (Lipinski definition) is 0. The van der Waals surface area contributed by atoms with Crippen LogP contribution in [0.15, 0.2) is 78.7 Å². The van der Waals surface area contributed by atoms with Crippen LogP contribution in [0.2, 0.25) is 0 Å². The predicted octanol–water partition coefficient (Wildman–Crippen LogP) is 5.51. The maximum absolute atomic E-state index is 13.0. The molecule has 148 valence electrons. The number of carbonyl (C=O) groups excluding carboxylic acids is 1. The number of hydrogen-bond acceptors (Lipinski definition) is 3. The number of fused-ring (bicyclic) bond motifs is 2. The molecule has 30 heavy (non-hydrogen) atoms. The van der Waals surface area contributed by atoms with Crippen LogP contribution in [0.3, 0.4) is 0 Å². The molecule has 5 rings (SSSR count). The number of allylic oxidation sites excluding steroid dienone is 1.